The maximum atomic E-state index is 12.4. The van der Waals surface area contributed by atoms with Crippen LogP contribution >= 0.6 is 23.1 Å². The van der Waals surface area contributed by atoms with Gasteiger partial charge in [-0.3, -0.25) is 4.79 Å². The Balaban J connectivity index is 1.21. The van der Waals surface area contributed by atoms with Crippen molar-refractivity contribution in [3.8, 4) is 6.07 Å². The van der Waals surface area contributed by atoms with Crippen LogP contribution in [-0.2, 0) is 17.6 Å². The van der Waals surface area contributed by atoms with Crippen LogP contribution in [0.3, 0.4) is 0 Å². The molecule has 0 bridgehead atoms. The van der Waals surface area contributed by atoms with Gasteiger partial charge in [-0.15, -0.1) is 11.8 Å². The molecule has 2 aromatic heterocycles. The third-order valence-electron chi connectivity index (χ3n) is 5.85. The number of thioether (sulfide) groups is 1. The van der Waals surface area contributed by atoms with Gasteiger partial charge in [-0.2, -0.15) is 5.26 Å². The van der Waals surface area contributed by atoms with E-state index in [9.17, 15) is 10.1 Å². The average Bonchev–Trinajstić information content (AvgIpc) is 3.26. The van der Waals surface area contributed by atoms with E-state index in [0.29, 0.717) is 28.8 Å². The maximum absolute atomic E-state index is 12.4. The summed E-state index contributed by atoms with van der Waals surface area (Å²) in [7, 11) is 0. The van der Waals surface area contributed by atoms with Gasteiger partial charge in [0.25, 0.3) is 0 Å². The van der Waals surface area contributed by atoms with Gasteiger partial charge in [-0.05, 0) is 54.5 Å². The predicted octanol–water partition coefficient (Wildman–Crippen LogP) is 5.96. The molecule has 7 heteroatoms. The zero-order valence-electron chi connectivity index (χ0n) is 18.0. The highest BCUT2D eigenvalue weighted by Crippen LogP contribution is 2.34. The van der Waals surface area contributed by atoms with Crippen molar-refractivity contribution in [3.63, 3.8) is 0 Å². The predicted molar refractivity (Wildman–Crippen MR) is 134 cm³/mol. The average molecular weight is 471 g/mol. The van der Waals surface area contributed by atoms with Crippen LogP contribution in [0.25, 0.3) is 10.2 Å². The van der Waals surface area contributed by atoms with Crippen LogP contribution in [0.15, 0.2) is 65.7 Å². The summed E-state index contributed by atoms with van der Waals surface area (Å²) in [5.74, 6) is 0.949. The van der Waals surface area contributed by atoms with Gasteiger partial charge in [0.15, 0.2) is 5.13 Å². The fraction of sp³-hybridized carbons (Fsp3) is 0.231. The first kappa shape index (κ1) is 21.6. The van der Waals surface area contributed by atoms with Crippen LogP contribution in [0, 0.1) is 11.3 Å². The van der Waals surface area contributed by atoms with Crippen LogP contribution < -0.4 is 5.32 Å². The summed E-state index contributed by atoms with van der Waals surface area (Å²) in [6, 6.07) is 22.7. The van der Waals surface area contributed by atoms with Gasteiger partial charge in [-0.25, -0.2) is 9.97 Å². The van der Waals surface area contributed by atoms with Crippen molar-refractivity contribution >= 4 is 44.4 Å². The Morgan fingerprint density at radius 1 is 1.15 bits per heavy atom. The zero-order valence-corrected chi connectivity index (χ0v) is 19.6. The molecule has 33 heavy (non-hydrogen) atoms. The number of carbonyl (C=O) groups is 1. The second-order valence-corrected chi connectivity index (χ2v) is 10.2. The van der Waals surface area contributed by atoms with Crippen molar-refractivity contribution in [1.29, 1.82) is 5.26 Å². The molecule has 0 aliphatic heterocycles. The summed E-state index contributed by atoms with van der Waals surface area (Å²) in [6.07, 6.45) is 3.22. The van der Waals surface area contributed by atoms with E-state index in [1.54, 1.807) is 0 Å². The Morgan fingerprint density at radius 3 is 2.79 bits per heavy atom. The monoisotopic (exact) mass is 470 g/mol. The molecule has 1 unspecified atom stereocenters. The fourth-order valence-electron chi connectivity index (χ4n) is 4.19. The SMILES string of the molecule is N#Cc1cc2c(nc1SCCC(=O)Nc1nc3ccccc3s1)CCC(c1ccccc1)C2. The number of pyridine rings is 1. The Kier molecular flexibility index (Phi) is 6.38. The fourth-order valence-corrected chi connectivity index (χ4v) is 5.99. The van der Waals surface area contributed by atoms with Crippen LogP contribution in [0.2, 0.25) is 0 Å². The first-order chi connectivity index (χ1) is 16.2. The number of thiazole rings is 1. The molecule has 1 N–H and O–H groups in total. The number of para-hydroxylation sites is 1. The molecule has 5 rings (SSSR count). The largest absolute Gasteiger partial charge is 0.302 e. The van der Waals surface area contributed by atoms with E-state index < -0.39 is 0 Å². The minimum Gasteiger partial charge on any atom is -0.302 e. The molecule has 1 aliphatic carbocycles. The molecule has 164 valence electrons. The van der Waals surface area contributed by atoms with E-state index in [-0.39, 0.29) is 5.91 Å². The van der Waals surface area contributed by atoms with Crippen molar-refractivity contribution in [2.45, 2.75) is 36.6 Å². The number of nitrogens with zero attached hydrogens (tertiary/aromatic N) is 3. The molecular formula is C26H22N4OS2. The molecule has 0 spiro atoms. The van der Waals surface area contributed by atoms with Crippen molar-refractivity contribution in [1.82, 2.24) is 9.97 Å². The second kappa shape index (κ2) is 9.74. The van der Waals surface area contributed by atoms with Crippen LogP contribution in [0.1, 0.15) is 41.1 Å². The van der Waals surface area contributed by atoms with Gasteiger partial charge in [0.05, 0.1) is 15.8 Å². The lowest BCUT2D eigenvalue weighted by Gasteiger charge is -2.25. The Morgan fingerprint density at radius 2 is 1.97 bits per heavy atom. The minimum atomic E-state index is -0.0799. The van der Waals surface area contributed by atoms with E-state index in [1.165, 1.54) is 34.2 Å². The molecule has 1 aliphatic rings. The Bertz CT molecular complexity index is 1310. The van der Waals surface area contributed by atoms with E-state index in [1.807, 2.05) is 36.4 Å². The van der Waals surface area contributed by atoms with Gasteiger partial charge in [-0.1, -0.05) is 53.8 Å². The van der Waals surface area contributed by atoms with E-state index in [0.717, 1.165) is 40.2 Å². The van der Waals surface area contributed by atoms with Crippen molar-refractivity contribution in [2.24, 2.45) is 0 Å². The zero-order chi connectivity index (χ0) is 22.6. The molecule has 1 amide bonds. The quantitative estimate of drug-likeness (QED) is 0.352. The smallest absolute Gasteiger partial charge is 0.226 e. The molecule has 0 saturated heterocycles. The lowest BCUT2D eigenvalue weighted by Crippen LogP contribution is -2.15. The normalized spacial score (nSPS) is 15.1. The van der Waals surface area contributed by atoms with E-state index in [2.05, 4.69) is 40.6 Å². The van der Waals surface area contributed by atoms with Crippen LogP contribution in [-0.4, -0.2) is 21.6 Å². The van der Waals surface area contributed by atoms with Gasteiger partial charge in [0.2, 0.25) is 5.91 Å². The van der Waals surface area contributed by atoms with Crippen LogP contribution in [0.4, 0.5) is 5.13 Å². The minimum absolute atomic E-state index is 0.0799. The third kappa shape index (κ3) is 4.92. The molecule has 2 aromatic carbocycles. The van der Waals surface area contributed by atoms with Gasteiger partial charge >= 0.3 is 0 Å². The van der Waals surface area contributed by atoms with Crippen molar-refractivity contribution in [2.75, 3.05) is 11.1 Å². The summed E-state index contributed by atoms with van der Waals surface area (Å²) >= 11 is 2.94. The number of nitriles is 1. The number of hydrogen-bond acceptors (Lipinski definition) is 6. The molecule has 5 nitrogen and oxygen atoms in total. The molecular weight excluding hydrogens is 448 g/mol. The first-order valence-electron chi connectivity index (χ1n) is 11.0. The molecule has 4 aromatic rings. The number of rotatable bonds is 6. The molecule has 2 heterocycles. The van der Waals surface area contributed by atoms with Gasteiger partial charge in [0, 0.05) is 17.9 Å². The summed E-state index contributed by atoms with van der Waals surface area (Å²) < 4.78 is 1.05. The Labute approximate surface area is 200 Å². The van der Waals surface area contributed by atoms with Gasteiger partial charge < -0.3 is 5.32 Å². The number of aryl methyl sites for hydroxylation is 1. The number of fused-ring (bicyclic) bond motifs is 2. The topological polar surface area (TPSA) is 78.7 Å². The Hall–Kier alpha value is -3.21. The highest BCUT2D eigenvalue weighted by atomic mass is 32.2. The number of carbonyl (C=O) groups excluding carboxylic acids is 1. The standard InChI is InChI=1S/C26H22N4OS2/c27-16-20-15-19-14-18(17-6-2-1-3-7-17)10-11-21(19)28-25(20)32-13-12-24(31)30-26-29-22-8-4-5-9-23(22)33-26/h1-9,15,18H,10-14H2,(H,29,30,31). The third-order valence-corrected chi connectivity index (χ3v) is 7.80. The van der Waals surface area contributed by atoms with E-state index in [4.69, 9.17) is 4.98 Å². The number of benzene rings is 2. The van der Waals surface area contributed by atoms with E-state index >= 15 is 0 Å². The number of anilines is 1. The number of amides is 1. The van der Waals surface area contributed by atoms with Gasteiger partial charge in [0.1, 0.15) is 11.1 Å². The first-order valence-corrected chi connectivity index (χ1v) is 12.8. The van der Waals surface area contributed by atoms with Crippen molar-refractivity contribution in [3.05, 3.63) is 83.0 Å². The molecule has 0 saturated carbocycles. The highest BCUT2D eigenvalue weighted by molar-refractivity contribution is 7.99. The highest BCUT2D eigenvalue weighted by Gasteiger charge is 2.23. The summed E-state index contributed by atoms with van der Waals surface area (Å²) in [5, 5.41) is 13.9. The molecule has 0 fully saturated rings. The molecule has 0 radical (unpaired) electrons. The second-order valence-electron chi connectivity index (χ2n) is 8.04. The van der Waals surface area contributed by atoms with Crippen LogP contribution in [0.5, 0.6) is 0 Å². The summed E-state index contributed by atoms with van der Waals surface area (Å²) in [4.78, 5) is 21.7. The van der Waals surface area contributed by atoms with Crippen molar-refractivity contribution < 1.29 is 4.79 Å². The number of nitrogens with one attached hydrogen (secondary N) is 1. The number of aromatic nitrogens is 2. The molecule has 1 atom stereocenters. The lowest BCUT2D eigenvalue weighted by atomic mass is 9.82. The summed E-state index contributed by atoms with van der Waals surface area (Å²) in [6.45, 7) is 0. The summed E-state index contributed by atoms with van der Waals surface area (Å²) in [5.41, 5.74) is 5.09. The maximum Gasteiger partial charge on any atom is 0.226 e. The number of hydrogen-bond donors (Lipinski definition) is 1. The lowest BCUT2D eigenvalue weighted by molar-refractivity contribution is -0.115.